The predicted molar refractivity (Wildman–Crippen MR) is 71.6 cm³/mol. The molecule has 0 aliphatic carbocycles. The van der Waals surface area contributed by atoms with Crippen LogP contribution in [0, 0.1) is 0 Å². The van der Waals surface area contributed by atoms with E-state index in [9.17, 15) is 4.79 Å². The summed E-state index contributed by atoms with van der Waals surface area (Å²) >= 11 is 5.82. The summed E-state index contributed by atoms with van der Waals surface area (Å²) in [7, 11) is 0. The van der Waals surface area contributed by atoms with Crippen molar-refractivity contribution >= 4 is 17.5 Å². The molecular weight excluding hydrogens is 250 g/mol. The summed E-state index contributed by atoms with van der Waals surface area (Å²) in [6.07, 6.45) is 0. The van der Waals surface area contributed by atoms with E-state index in [2.05, 4.69) is 15.5 Å². The molecule has 0 spiro atoms. The van der Waals surface area contributed by atoms with Crippen LogP contribution < -0.4 is 5.32 Å². The van der Waals surface area contributed by atoms with Crippen LogP contribution in [0.2, 0.25) is 5.02 Å². The van der Waals surface area contributed by atoms with E-state index in [-0.39, 0.29) is 11.9 Å². The SMILES string of the molecule is CC(C)NC(=O)c1cc(-c2ccc(Cl)cc2)n[nH]1. The number of aromatic nitrogens is 2. The Balaban J connectivity index is 2.20. The molecule has 0 unspecified atom stereocenters. The maximum absolute atomic E-state index is 11.8. The number of carbonyl (C=O) groups is 1. The summed E-state index contributed by atoms with van der Waals surface area (Å²) in [4.78, 5) is 11.8. The smallest absolute Gasteiger partial charge is 0.269 e. The van der Waals surface area contributed by atoms with E-state index in [1.807, 2.05) is 26.0 Å². The fourth-order valence-corrected chi connectivity index (χ4v) is 1.67. The molecule has 0 atom stereocenters. The Labute approximate surface area is 110 Å². The zero-order valence-electron chi connectivity index (χ0n) is 10.2. The molecule has 1 heterocycles. The molecular formula is C13H14ClN3O. The average molecular weight is 264 g/mol. The first-order chi connectivity index (χ1) is 8.56. The van der Waals surface area contributed by atoms with Crippen molar-refractivity contribution in [2.24, 2.45) is 0 Å². The van der Waals surface area contributed by atoms with Crippen molar-refractivity contribution in [1.29, 1.82) is 0 Å². The molecule has 1 amide bonds. The number of halogens is 1. The number of aromatic amines is 1. The summed E-state index contributed by atoms with van der Waals surface area (Å²) in [6, 6.07) is 9.13. The second-order valence-corrected chi connectivity index (χ2v) is 4.74. The number of carbonyl (C=O) groups excluding carboxylic acids is 1. The first kappa shape index (κ1) is 12.6. The molecule has 0 radical (unpaired) electrons. The second kappa shape index (κ2) is 5.23. The number of benzene rings is 1. The number of rotatable bonds is 3. The third kappa shape index (κ3) is 2.90. The van der Waals surface area contributed by atoms with Gasteiger partial charge in [-0.3, -0.25) is 9.89 Å². The summed E-state index contributed by atoms with van der Waals surface area (Å²) in [5.41, 5.74) is 2.09. The van der Waals surface area contributed by atoms with Crippen molar-refractivity contribution in [3.8, 4) is 11.3 Å². The van der Waals surface area contributed by atoms with Crippen molar-refractivity contribution in [1.82, 2.24) is 15.5 Å². The van der Waals surface area contributed by atoms with Crippen molar-refractivity contribution in [2.75, 3.05) is 0 Å². The number of amides is 1. The summed E-state index contributed by atoms with van der Waals surface area (Å²) in [5.74, 6) is -0.155. The van der Waals surface area contributed by atoms with Crippen LogP contribution in [0.3, 0.4) is 0 Å². The molecule has 1 aromatic carbocycles. The number of nitrogens with zero attached hydrogens (tertiary/aromatic N) is 1. The third-order valence-electron chi connectivity index (χ3n) is 2.38. The van der Waals surface area contributed by atoms with E-state index in [0.717, 1.165) is 11.3 Å². The first-order valence-electron chi connectivity index (χ1n) is 5.68. The van der Waals surface area contributed by atoms with Gasteiger partial charge < -0.3 is 5.32 Å². The molecule has 0 aliphatic heterocycles. The van der Waals surface area contributed by atoms with Crippen LogP contribution in [0.4, 0.5) is 0 Å². The fraction of sp³-hybridized carbons (Fsp3) is 0.231. The lowest BCUT2D eigenvalue weighted by molar-refractivity contribution is 0.0938. The molecule has 4 nitrogen and oxygen atoms in total. The maximum Gasteiger partial charge on any atom is 0.269 e. The Morgan fingerprint density at radius 1 is 1.33 bits per heavy atom. The van der Waals surface area contributed by atoms with Gasteiger partial charge in [0.25, 0.3) is 5.91 Å². The monoisotopic (exact) mass is 263 g/mol. The highest BCUT2D eigenvalue weighted by Crippen LogP contribution is 2.20. The van der Waals surface area contributed by atoms with E-state index >= 15 is 0 Å². The molecule has 0 aliphatic rings. The minimum Gasteiger partial charge on any atom is -0.349 e. The molecule has 0 bridgehead atoms. The van der Waals surface area contributed by atoms with Crippen LogP contribution in [-0.4, -0.2) is 22.1 Å². The van der Waals surface area contributed by atoms with Gasteiger partial charge in [0.05, 0.1) is 5.69 Å². The quantitative estimate of drug-likeness (QED) is 0.895. The van der Waals surface area contributed by atoms with Crippen LogP contribution in [0.5, 0.6) is 0 Å². The molecule has 0 fully saturated rings. The Kier molecular flexibility index (Phi) is 3.67. The van der Waals surface area contributed by atoms with Crippen LogP contribution in [0.15, 0.2) is 30.3 Å². The van der Waals surface area contributed by atoms with E-state index in [4.69, 9.17) is 11.6 Å². The van der Waals surface area contributed by atoms with Crippen molar-refractivity contribution in [3.63, 3.8) is 0 Å². The molecule has 18 heavy (non-hydrogen) atoms. The van der Waals surface area contributed by atoms with Crippen LogP contribution >= 0.6 is 11.6 Å². The third-order valence-corrected chi connectivity index (χ3v) is 2.63. The number of nitrogens with one attached hydrogen (secondary N) is 2. The molecule has 2 N–H and O–H groups in total. The van der Waals surface area contributed by atoms with Crippen molar-refractivity contribution in [2.45, 2.75) is 19.9 Å². The molecule has 5 heteroatoms. The minimum atomic E-state index is -0.155. The van der Waals surface area contributed by atoms with Gasteiger partial charge in [-0.2, -0.15) is 5.10 Å². The van der Waals surface area contributed by atoms with Crippen molar-refractivity contribution < 1.29 is 4.79 Å². The largest absolute Gasteiger partial charge is 0.349 e. The van der Waals surface area contributed by atoms with E-state index in [1.165, 1.54) is 0 Å². The van der Waals surface area contributed by atoms with Gasteiger partial charge >= 0.3 is 0 Å². The standard InChI is InChI=1S/C13H14ClN3O/c1-8(2)15-13(18)12-7-11(16-17-12)9-3-5-10(14)6-4-9/h3-8H,1-2H3,(H,15,18)(H,16,17). The topological polar surface area (TPSA) is 57.8 Å². The van der Waals surface area contributed by atoms with Gasteiger partial charge in [0.1, 0.15) is 5.69 Å². The first-order valence-corrected chi connectivity index (χ1v) is 6.06. The summed E-state index contributed by atoms with van der Waals surface area (Å²) in [6.45, 7) is 3.82. The lowest BCUT2D eigenvalue weighted by Crippen LogP contribution is -2.30. The van der Waals surface area contributed by atoms with Gasteiger partial charge in [-0.15, -0.1) is 0 Å². The maximum atomic E-state index is 11.8. The van der Waals surface area contributed by atoms with Gasteiger partial charge in [0, 0.05) is 16.6 Å². The highest BCUT2D eigenvalue weighted by molar-refractivity contribution is 6.30. The zero-order chi connectivity index (χ0) is 13.1. The van der Waals surface area contributed by atoms with Crippen LogP contribution in [-0.2, 0) is 0 Å². The highest BCUT2D eigenvalue weighted by Gasteiger charge is 2.11. The number of hydrogen-bond donors (Lipinski definition) is 2. The lowest BCUT2D eigenvalue weighted by Gasteiger charge is -2.05. The predicted octanol–water partition coefficient (Wildman–Crippen LogP) is 2.87. The van der Waals surface area contributed by atoms with Crippen LogP contribution in [0.1, 0.15) is 24.3 Å². The number of H-pyrrole nitrogens is 1. The lowest BCUT2D eigenvalue weighted by atomic mass is 10.1. The van der Waals surface area contributed by atoms with Gasteiger partial charge in [-0.25, -0.2) is 0 Å². The summed E-state index contributed by atoms with van der Waals surface area (Å²) < 4.78 is 0. The Bertz CT molecular complexity index is 546. The van der Waals surface area contributed by atoms with Gasteiger partial charge in [-0.05, 0) is 32.0 Å². The Hall–Kier alpha value is -1.81. The van der Waals surface area contributed by atoms with E-state index in [1.54, 1.807) is 18.2 Å². The zero-order valence-corrected chi connectivity index (χ0v) is 11.0. The fourth-order valence-electron chi connectivity index (χ4n) is 1.55. The number of hydrogen-bond acceptors (Lipinski definition) is 2. The van der Waals surface area contributed by atoms with E-state index in [0.29, 0.717) is 10.7 Å². The van der Waals surface area contributed by atoms with Crippen molar-refractivity contribution in [3.05, 3.63) is 41.0 Å². The second-order valence-electron chi connectivity index (χ2n) is 4.30. The molecule has 2 aromatic rings. The summed E-state index contributed by atoms with van der Waals surface area (Å²) in [5, 5.41) is 10.3. The highest BCUT2D eigenvalue weighted by atomic mass is 35.5. The average Bonchev–Trinajstić information content (AvgIpc) is 2.78. The van der Waals surface area contributed by atoms with E-state index < -0.39 is 0 Å². The molecule has 2 rings (SSSR count). The van der Waals surface area contributed by atoms with Gasteiger partial charge in [0.15, 0.2) is 0 Å². The normalized spacial score (nSPS) is 10.7. The van der Waals surface area contributed by atoms with Gasteiger partial charge in [0.2, 0.25) is 0 Å². The Morgan fingerprint density at radius 3 is 2.61 bits per heavy atom. The molecule has 0 saturated carbocycles. The Morgan fingerprint density at radius 2 is 2.00 bits per heavy atom. The molecule has 0 saturated heterocycles. The molecule has 94 valence electrons. The van der Waals surface area contributed by atoms with Crippen LogP contribution in [0.25, 0.3) is 11.3 Å². The minimum absolute atomic E-state index is 0.0970. The molecule has 1 aromatic heterocycles. The van der Waals surface area contributed by atoms with Gasteiger partial charge in [-0.1, -0.05) is 23.7 Å².